The van der Waals surface area contributed by atoms with Crippen LogP contribution in [-0.4, -0.2) is 145 Å². The molecule has 1 atom stereocenters. The van der Waals surface area contributed by atoms with Crippen molar-refractivity contribution in [3.8, 4) is 0 Å². The molecule has 0 radical (unpaired) electrons. The van der Waals surface area contributed by atoms with E-state index in [0.717, 1.165) is 39.3 Å². The van der Waals surface area contributed by atoms with Gasteiger partial charge in [-0.15, -0.1) is 0 Å². The van der Waals surface area contributed by atoms with E-state index in [2.05, 4.69) is 10.2 Å². The summed E-state index contributed by atoms with van der Waals surface area (Å²) in [6.07, 6.45) is -0.439. The maximum atomic E-state index is 9.58. The minimum atomic E-state index is -0.439. The molecule has 0 saturated heterocycles. The summed E-state index contributed by atoms with van der Waals surface area (Å²) in [6, 6.07) is 0. The summed E-state index contributed by atoms with van der Waals surface area (Å²) in [6.45, 7) is 9.39. The fourth-order valence-electron chi connectivity index (χ4n) is 2.77. The Bertz CT molecular complexity index is 294. The Morgan fingerprint density at radius 1 is 0.615 bits per heavy atom. The second-order valence-corrected chi connectivity index (χ2v) is 6.48. The largest absolute Gasteiger partial charge is 0.395 e. The van der Waals surface area contributed by atoms with Crippen LogP contribution in [0, 0.1) is 0 Å². The fourth-order valence-corrected chi connectivity index (χ4v) is 2.77. The van der Waals surface area contributed by atoms with Crippen molar-refractivity contribution < 1.29 is 25.5 Å². The van der Waals surface area contributed by atoms with E-state index in [1.165, 1.54) is 0 Å². The van der Waals surface area contributed by atoms with E-state index in [0.29, 0.717) is 32.7 Å². The van der Waals surface area contributed by atoms with Crippen LogP contribution < -0.4 is 5.32 Å². The van der Waals surface area contributed by atoms with Crippen LogP contribution in [0.5, 0.6) is 0 Å². The standard InChI is InChI=1S/C17H40N4O5/c1-17(26)16-21(11-15-25)8-7-19(4-2-18-3-12-22)5-6-20(9-13-23)10-14-24/h17-18,22-26H,2-16H2,1H3. The molecule has 26 heavy (non-hydrogen) atoms. The molecule has 0 saturated carbocycles. The maximum Gasteiger partial charge on any atom is 0.0639 e. The van der Waals surface area contributed by atoms with Crippen molar-refractivity contribution >= 4 is 0 Å². The van der Waals surface area contributed by atoms with E-state index in [1.54, 1.807) is 6.92 Å². The Labute approximate surface area is 157 Å². The molecule has 158 valence electrons. The molecule has 0 spiro atoms. The predicted octanol–water partition coefficient (Wildman–Crippen LogP) is -3.17. The van der Waals surface area contributed by atoms with Crippen molar-refractivity contribution in [3.63, 3.8) is 0 Å². The predicted molar refractivity (Wildman–Crippen MR) is 102 cm³/mol. The summed E-state index contributed by atoms with van der Waals surface area (Å²) in [5.74, 6) is 0. The molecule has 0 heterocycles. The van der Waals surface area contributed by atoms with Gasteiger partial charge in [-0.25, -0.2) is 0 Å². The van der Waals surface area contributed by atoms with Crippen LogP contribution in [0.25, 0.3) is 0 Å². The highest BCUT2D eigenvalue weighted by atomic mass is 16.3. The number of nitrogens with zero attached hydrogens (tertiary/aromatic N) is 3. The summed E-state index contributed by atoms with van der Waals surface area (Å²) < 4.78 is 0. The van der Waals surface area contributed by atoms with Gasteiger partial charge >= 0.3 is 0 Å². The van der Waals surface area contributed by atoms with Crippen LogP contribution in [0.1, 0.15) is 6.92 Å². The van der Waals surface area contributed by atoms with Gasteiger partial charge in [0.1, 0.15) is 0 Å². The first-order valence-electron chi connectivity index (χ1n) is 9.56. The number of nitrogens with one attached hydrogen (secondary N) is 1. The van der Waals surface area contributed by atoms with E-state index in [1.807, 2.05) is 9.80 Å². The molecule has 0 bridgehead atoms. The summed E-state index contributed by atoms with van der Waals surface area (Å²) in [4.78, 5) is 6.34. The monoisotopic (exact) mass is 380 g/mol. The smallest absolute Gasteiger partial charge is 0.0639 e. The first-order chi connectivity index (χ1) is 12.6. The third-order valence-electron chi connectivity index (χ3n) is 4.13. The first-order valence-corrected chi connectivity index (χ1v) is 9.56. The van der Waals surface area contributed by atoms with Gasteiger partial charge in [0.2, 0.25) is 0 Å². The van der Waals surface area contributed by atoms with E-state index in [-0.39, 0.29) is 26.4 Å². The van der Waals surface area contributed by atoms with Crippen molar-refractivity contribution in [1.82, 2.24) is 20.0 Å². The molecule has 0 aromatic heterocycles. The fraction of sp³-hybridized carbons (Fsp3) is 1.00. The van der Waals surface area contributed by atoms with Gasteiger partial charge in [0.25, 0.3) is 0 Å². The van der Waals surface area contributed by atoms with Crippen LogP contribution in [0.15, 0.2) is 0 Å². The molecule has 6 N–H and O–H groups in total. The van der Waals surface area contributed by atoms with Gasteiger partial charge in [-0.3, -0.25) is 14.7 Å². The van der Waals surface area contributed by atoms with E-state index in [9.17, 15) is 10.2 Å². The SMILES string of the molecule is CC(O)CN(CCO)CCN(CCNCCO)CCN(CCO)CCO. The lowest BCUT2D eigenvalue weighted by Crippen LogP contribution is -2.45. The van der Waals surface area contributed by atoms with Crippen molar-refractivity contribution in [3.05, 3.63) is 0 Å². The third-order valence-corrected chi connectivity index (χ3v) is 4.13. The molecule has 0 aromatic carbocycles. The van der Waals surface area contributed by atoms with Crippen LogP contribution in [0.4, 0.5) is 0 Å². The zero-order valence-corrected chi connectivity index (χ0v) is 16.3. The Morgan fingerprint density at radius 2 is 1.08 bits per heavy atom. The quantitative estimate of drug-likeness (QED) is 0.129. The zero-order valence-electron chi connectivity index (χ0n) is 16.3. The molecule has 0 aliphatic carbocycles. The summed E-state index contributed by atoms with van der Waals surface area (Å²) in [5.41, 5.74) is 0. The lowest BCUT2D eigenvalue weighted by atomic mass is 10.3. The second kappa shape index (κ2) is 18.0. The van der Waals surface area contributed by atoms with Gasteiger partial charge in [0.05, 0.1) is 32.5 Å². The summed E-state index contributed by atoms with van der Waals surface area (Å²) in [7, 11) is 0. The lowest BCUT2D eigenvalue weighted by molar-refractivity contribution is 0.0972. The molecule has 0 aliphatic rings. The molecule has 0 aliphatic heterocycles. The molecular formula is C17H40N4O5. The molecule has 9 nitrogen and oxygen atoms in total. The Morgan fingerprint density at radius 3 is 1.54 bits per heavy atom. The van der Waals surface area contributed by atoms with Gasteiger partial charge in [-0.05, 0) is 6.92 Å². The van der Waals surface area contributed by atoms with E-state index >= 15 is 0 Å². The minimum Gasteiger partial charge on any atom is -0.395 e. The van der Waals surface area contributed by atoms with Crippen LogP contribution >= 0.6 is 0 Å². The van der Waals surface area contributed by atoms with Gasteiger partial charge < -0.3 is 30.8 Å². The number of hydrogen-bond donors (Lipinski definition) is 6. The summed E-state index contributed by atoms with van der Waals surface area (Å²) >= 11 is 0. The van der Waals surface area contributed by atoms with Gasteiger partial charge in [0, 0.05) is 72.0 Å². The van der Waals surface area contributed by atoms with Crippen LogP contribution in [0.2, 0.25) is 0 Å². The van der Waals surface area contributed by atoms with Crippen LogP contribution in [0.3, 0.4) is 0 Å². The van der Waals surface area contributed by atoms with Crippen molar-refractivity contribution in [2.75, 3.05) is 98.4 Å². The Hall–Kier alpha value is -0.360. The number of aliphatic hydroxyl groups excluding tert-OH is 5. The van der Waals surface area contributed by atoms with Crippen LogP contribution in [-0.2, 0) is 0 Å². The van der Waals surface area contributed by atoms with Crippen molar-refractivity contribution in [1.29, 1.82) is 0 Å². The number of aliphatic hydroxyl groups is 5. The van der Waals surface area contributed by atoms with Gasteiger partial charge in [-0.1, -0.05) is 0 Å². The molecular weight excluding hydrogens is 340 g/mol. The normalized spacial score (nSPS) is 13.3. The topological polar surface area (TPSA) is 123 Å². The molecule has 1 unspecified atom stereocenters. The molecule has 0 fully saturated rings. The number of rotatable bonds is 19. The second-order valence-electron chi connectivity index (χ2n) is 6.48. The first kappa shape index (κ1) is 25.6. The van der Waals surface area contributed by atoms with Gasteiger partial charge in [-0.2, -0.15) is 0 Å². The Balaban J connectivity index is 4.49. The number of hydrogen-bond acceptors (Lipinski definition) is 9. The third kappa shape index (κ3) is 14.8. The molecule has 0 amide bonds. The zero-order chi connectivity index (χ0) is 19.6. The average molecular weight is 381 g/mol. The Kier molecular flexibility index (Phi) is 17.8. The highest BCUT2D eigenvalue weighted by Crippen LogP contribution is 1.97. The van der Waals surface area contributed by atoms with Crippen molar-refractivity contribution in [2.24, 2.45) is 0 Å². The molecule has 9 heteroatoms. The molecule has 0 aromatic rings. The van der Waals surface area contributed by atoms with Crippen molar-refractivity contribution in [2.45, 2.75) is 13.0 Å². The molecule has 0 rings (SSSR count). The van der Waals surface area contributed by atoms with E-state index < -0.39 is 6.10 Å². The highest BCUT2D eigenvalue weighted by Gasteiger charge is 2.12. The van der Waals surface area contributed by atoms with E-state index in [4.69, 9.17) is 15.3 Å². The highest BCUT2D eigenvalue weighted by molar-refractivity contribution is 4.69. The average Bonchev–Trinajstić information content (AvgIpc) is 2.60. The minimum absolute atomic E-state index is 0.0611. The summed E-state index contributed by atoms with van der Waals surface area (Å²) in [5, 5.41) is 49.0. The lowest BCUT2D eigenvalue weighted by Gasteiger charge is -2.30. The maximum absolute atomic E-state index is 9.58. The van der Waals surface area contributed by atoms with Gasteiger partial charge in [0.15, 0.2) is 0 Å².